The highest BCUT2D eigenvalue weighted by atomic mass is 16.2. The minimum absolute atomic E-state index is 0.0900. The third-order valence-corrected chi connectivity index (χ3v) is 5.79. The highest BCUT2D eigenvalue weighted by Crippen LogP contribution is 2.19. The lowest BCUT2D eigenvalue weighted by Gasteiger charge is -2.26. The Balaban J connectivity index is 1.41. The van der Waals surface area contributed by atoms with Gasteiger partial charge in [-0.2, -0.15) is 5.10 Å². The van der Waals surface area contributed by atoms with Gasteiger partial charge in [-0.3, -0.25) is 9.59 Å². The number of likely N-dealkylation sites (tertiary alicyclic amines) is 1. The van der Waals surface area contributed by atoms with E-state index in [0.29, 0.717) is 23.4 Å². The first-order chi connectivity index (χ1) is 14.9. The van der Waals surface area contributed by atoms with Gasteiger partial charge >= 0.3 is 0 Å². The van der Waals surface area contributed by atoms with Crippen molar-refractivity contribution < 1.29 is 9.59 Å². The number of piperidine rings is 1. The molecule has 1 fully saturated rings. The van der Waals surface area contributed by atoms with Crippen LogP contribution in [0.2, 0.25) is 0 Å². The molecule has 0 aliphatic carbocycles. The van der Waals surface area contributed by atoms with Crippen molar-refractivity contribution in [3.8, 4) is 0 Å². The molecule has 4 rings (SSSR count). The average molecular weight is 420 g/mol. The number of nitrogens with one attached hydrogen (secondary N) is 1. The largest absolute Gasteiger partial charge is 0.348 e. The summed E-state index contributed by atoms with van der Waals surface area (Å²) in [5, 5.41) is 8.19. The van der Waals surface area contributed by atoms with E-state index >= 15 is 0 Å². The Morgan fingerprint density at radius 2 is 1.81 bits per heavy atom. The van der Waals surface area contributed by atoms with Gasteiger partial charge in [0.05, 0.1) is 17.5 Å². The van der Waals surface area contributed by atoms with Crippen molar-refractivity contribution in [2.45, 2.75) is 52.6 Å². The number of hydrogen-bond donors (Lipinski definition) is 1. The molecule has 1 aliphatic rings. The van der Waals surface area contributed by atoms with Gasteiger partial charge in [0.2, 0.25) is 0 Å². The smallest absolute Gasteiger partial charge is 0.253 e. The summed E-state index contributed by atoms with van der Waals surface area (Å²) >= 11 is 0. The van der Waals surface area contributed by atoms with Gasteiger partial charge in [-0.05, 0) is 63.8 Å². The topological polar surface area (TPSA) is 80.1 Å². The van der Waals surface area contributed by atoms with E-state index in [0.717, 1.165) is 42.5 Å². The van der Waals surface area contributed by atoms with Crippen molar-refractivity contribution in [2.24, 2.45) is 0 Å². The number of amides is 2. The Hall–Kier alpha value is -3.22. The molecule has 0 unspecified atom stereocenters. The number of nitrogens with zero attached hydrogens (tertiary/aromatic N) is 4. The second-order valence-corrected chi connectivity index (χ2v) is 8.45. The zero-order chi connectivity index (χ0) is 22.0. The molecule has 3 aromatic rings. The summed E-state index contributed by atoms with van der Waals surface area (Å²) in [5.41, 5.74) is 3.66. The van der Waals surface area contributed by atoms with Gasteiger partial charge in [-0.1, -0.05) is 12.1 Å². The zero-order valence-corrected chi connectivity index (χ0v) is 18.4. The fourth-order valence-electron chi connectivity index (χ4n) is 4.00. The predicted octanol–water partition coefficient (Wildman–Crippen LogP) is 3.88. The van der Waals surface area contributed by atoms with Crippen LogP contribution in [0, 0.1) is 6.92 Å². The normalized spacial score (nSPS) is 14.3. The third-order valence-electron chi connectivity index (χ3n) is 5.79. The molecule has 0 radical (unpaired) electrons. The van der Waals surface area contributed by atoms with E-state index < -0.39 is 0 Å². The molecule has 7 nitrogen and oxygen atoms in total. The molecule has 31 heavy (non-hydrogen) atoms. The summed E-state index contributed by atoms with van der Waals surface area (Å²) in [6.07, 6.45) is 5.10. The van der Waals surface area contributed by atoms with Crippen LogP contribution in [-0.4, -0.2) is 44.6 Å². The Morgan fingerprint density at radius 3 is 2.48 bits per heavy atom. The highest BCUT2D eigenvalue weighted by Gasteiger charge is 2.18. The number of hydrogen-bond acceptors (Lipinski definition) is 4. The molecular formula is C24H29N5O2. The summed E-state index contributed by atoms with van der Waals surface area (Å²) < 4.78 is 1.86. The van der Waals surface area contributed by atoms with Crippen LogP contribution in [0.3, 0.4) is 0 Å². The first kappa shape index (κ1) is 21.0. The predicted molar refractivity (Wildman–Crippen MR) is 120 cm³/mol. The molecular weight excluding hydrogens is 390 g/mol. The van der Waals surface area contributed by atoms with Crippen LogP contribution in [0.4, 0.5) is 0 Å². The van der Waals surface area contributed by atoms with Crippen molar-refractivity contribution in [3.63, 3.8) is 0 Å². The van der Waals surface area contributed by atoms with Crippen LogP contribution < -0.4 is 5.32 Å². The molecule has 1 aromatic carbocycles. The minimum atomic E-state index is -0.169. The Kier molecular flexibility index (Phi) is 6.02. The lowest BCUT2D eigenvalue weighted by atomic mass is 10.1. The number of rotatable bonds is 5. The maximum absolute atomic E-state index is 12.8. The van der Waals surface area contributed by atoms with Crippen molar-refractivity contribution in [1.29, 1.82) is 0 Å². The fourth-order valence-corrected chi connectivity index (χ4v) is 4.00. The Bertz CT molecular complexity index is 1100. The van der Waals surface area contributed by atoms with Crippen molar-refractivity contribution in [3.05, 3.63) is 58.9 Å². The number of benzene rings is 1. The molecule has 0 spiro atoms. The molecule has 0 bridgehead atoms. The quantitative estimate of drug-likeness (QED) is 0.681. The molecule has 162 valence electrons. The van der Waals surface area contributed by atoms with E-state index in [2.05, 4.69) is 29.2 Å². The average Bonchev–Trinajstić information content (AvgIpc) is 3.20. The maximum Gasteiger partial charge on any atom is 0.253 e. The summed E-state index contributed by atoms with van der Waals surface area (Å²) in [4.78, 5) is 31.9. The summed E-state index contributed by atoms with van der Waals surface area (Å²) in [6.45, 7) is 8.01. The van der Waals surface area contributed by atoms with E-state index in [-0.39, 0.29) is 17.9 Å². The first-order valence-corrected chi connectivity index (χ1v) is 11.0. The molecule has 7 heteroatoms. The third kappa shape index (κ3) is 4.45. The minimum Gasteiger partial charge on any atom is -0.348 e. The van der Waals surface area contributed by atoms with E-state index in [1.165, 1.54) is 6.42 Å². The number of aromatic nitrogens is 3. The van der Waals surface area contributed by atoms with Crippen molar-refractivity contribution in [2.75, 3.05) is 13.1 Å². The molecule has 1 N–H and O–H groups in total. The zero-order valence-electron chi connectivity index (χ0n) is 18.4. The van der Waals surface area contributed by atoms with Gasteiger partial charge in [-0.15, -0.1) is 0 Å². The van der Waals surface area contributed by atoms with E-state index in [1.54, 1.807) is 6.20 Å². The molecule has 0 saturated carbocycles. The van der Waals surface area contributed by atoms with Crippen LogP contribution in [0.5, 0.6) is 0 Å². The lowest BCUT2D eigenvalue weighted by Crippen LogP contribution is -2.35. The van der Waals surface area contributed by atoms with Crippen LogP contribution in [0.1, 0.15) is 71.1 Å². The van der Waals surface area contributed by atoms with Gasteiger partial charge in [-0.25, -0.2) is 9.67 Å². The maximum atomic E-state index is 12.8. The SMILES string of the molecule is Cc1nc2c(cnn2C(C)C)cc1C(=O)NCc1ccc(C(=O)N2CCCCC2)cc1. The van der Waals surface area contributed by atoms with Gasteiger partial charge in [0.15, 0.2) is 5.65 Å². The number of pyridine rings is 1. The van der Waals surface area contributed by atoms with Crippen LogP contribution in [-0.2, 0) is 6.54 Å². The first-order valence-electron chi connectivity index (χ1n) is 11.0. The summed E-state index contributed by atoms with van der Waals surface area (Å²) in [6, 6.07) is 9.54. The number of carbonyl (C=O) groups excluding carboxylic acids is 2. The number of aryl methyl sites for hydroxylation is 1. The lowest BCUT2D eigenvalue weighted by molar-refractivity contribution is 0.0724. The van der Waals surface area contributed by atoms with Crippen LogP contribution in [0.15, 0.2) is 36.5 Å². The number of carbonyl (C=O) groups is 2. The molecule has 2 aromatic heterocycles. The van der Waals surface area contributed by atoms with Gasteiger partial charge in [0.25, 0.3) is 11.8 Å². The van der Waals surface area contributed by atoms with E-state index in [1.807, 2.05) is 46.8 Å². The van der Waals surface area contributed by atoms with E-state index in [4.69, 9.17) is 0 Å². The number of fused-ring (bicyclic) bond motifs is 1. The molecule has 0 atom stereocenters. The standard InChI is InChI=1S/C24H29N5O2/c1-16(2)29-22-20(15-26-29)13-21(17(3)27-22)23(30)25-14-18-7-9-19(10-8-18)24(31)28-11-5-4-6-12-28/h7-10,13,15-16H,4-6,11-12,14H2,1-3H3,(H,25,30). The fraction of sp³-hybridized carbons (Fsp3) is 0.417. The molecule has 1 saturated heterocycles. The van der Waals surface area contributed by atoms with Crippen molar-refractivity contribution >= 4 is 22.8 Å². The van der Waals surface area contributed by atoms with Crippen molar-refractivity contribution in [1.82, 2.24) is 25.0 Å². The van der Waals surface area contributed by atoms with Crippen LogP contribution in [0.25, 0.3) is 11.0 Å². The van der Waals surface area contributed by atoms with Crippen LogP contribution >= 0.6 is 0 Å². The molecule has 1 aliphatic heterocycles. The second-order valence-electron chi connectivity index (χ2n) is 8.45. The molecule has 3 heterocycles. The monoisotopic (exact) mass is 419 g/mol. The second kappa shape index (κ2) is 8.88. The highest BCUT2D eigenvalue weighted by molar-refractivity contribution is 5.98. The van der Waals surface area contributed by atoms with E-state index in [9.17, 15) is 9.59 Å². The van der Waals surface area contributed by atoms with Gasteiger partial charge in [0.1, 0.15) is 0 Å². The summed E-state index contributed by atoms with van der Waals surface area (Å²) in [5.74, 6) is -0.0788. The Labute approximate surface area is 182 Å². The summed E-state index contributed by atoms with van der Waals surface area (Å²) in [7, 11) is 0. The Morgan fingerprint density at radius 1 is 1.10 bits per heavy atom. The molecule has 2 amide bonds. The van der Waals surface area contributed by atoms with Gasteiger partial charge < -0.3 is 10.2 Å². The van der Waals surface area contributed by atoms with Gasteiger partial charge in [0, 0.05) is 36.6 Å².